The van der Waals surface area contributed by atoms with Gasteiger partial charge in [0.05, 0.1) is 20.6 Å². The summed E-state index contributed by atoms with van der Waals surface area (Å²) in [5, 5.41) is 0. The molecule has 0 unspecified atom stereocenters. The molecule has 0 aliphatic rings. The lowest BCUT2D eigenvalue weighted by atomic mass is 9.83. The van der Waals surface area contributed by atoms with E-state index < -0.39 is 16.2 Å². The van der Waals surface area contributed by atoms with Crippen LogP contribution in [0.1, 0.15) is 81.5 Å². The van der Waals surface area contributed by atoms with E-state index in [0.717, 1.165) is 16.7 Å². The maximum atomic E-state index is 12.9. The molecule has 1 amide bonds. The summed E-state index contributed by atoms with van der Waals surface area (Å²) < 4.78 is 42.8. The smallest absolute Gasteiger partial charge is 0.409 e. The van der Waals surface area contributed by atoms with Crippen molar-refractivity contribution in [2.75, 3.05) is 14.2 Å². The first-order chi connectivity index (χ1) is 15.4. The second-order valence-electron chi connectivity index (χ2n) is 8.87. The lowest BCUT2D eigenvalue weighted by Crippen LogP contribution is -2.35. The minimum atomic E-state index is -4.47. The van der Waals surface area contributed by atoms with Crippen LogP contribution in [0.15, 0.2) is 30.3 Å². The van der Waals surface area contributed by atoms with Crippen LogP contribution >= 0.6 is 0 Å². The third kappa shape index (κ3) is 6.63. The lowest BCUT2D eigenvalue weighted by molar-refractivity contribution is -0.118. The Morgan fingerprint density at radius 1 is 0.879 bits per heavy atom. The van der Waals surface area contributed by atoms with Gasteiger partial charge in [0.15, 0.2) is 11.5 Å². The Morgan fingerprint density at radius 3 is 1.76 bits per heavy atom. The van der Waals surface area contributed by atoms with Crippen LogP contribution < -0.4 is 18.4 Å². The molecule has 0 saturated carbocycles. The van der Waals surface area contributed by atoms with E-state index in [9.17, 15) is 13.2 Å². The number of hydrogen-bond acceptors (Lipinski definition) is 6. The summed E-state index contributed by atoms with van der Waals surface area (Å²) in [7, 11) is -1.70. The van der Waals surface area contributed by atoms with E-state index in [2.05, 4.69) is 53.7 Å². The molecule has 0 fully saturated rings. The predicted octanol–water partition coefficient (Wildman–Crippen LogP) is 5.06. The van der Waals surface area contributed by atoms with Crippen LogP contribution in [-0.2, 0) is 21.5 Å². The largest absolute Gasteiger partial charge is 0.493 e. The molecular formula is C25H35NO6S. The normalized spacial score (nSPS) is 11.7. The Bertz CT molecular complexity index is 1040. The fourth-order valence-corrected chi connectivity index (χ4v) is 4.45. The Hall–Kier alpha value is -2.74. The van der Waals surface area contributed by atoms with E-state index >= 15 is 0 Å². The molecule has 2 rings (SSSR count). The van der Waals surface area contributed by atoms with Crippen molar-refractivity contribution in [3.05, 3.63) is 52.6 Å². The molecule has 0 radical (unpaired) electrons. The van der Waals surface area contributed by atoms with E-state index in [1.165, 1.54) is 31.9 Å². The highest BCUT2D eigenvalue weighted by atomic mass is 32.2. The van der Waals surface area contributed by atoms with Gasteiger partial charge in [0.1, 0.15) is 0 Å². The summed E-state index contributed by atoms with van der Waals surface area (Å²) in [6.45, 7) is 12.5. The Morgan fingerprint density at radius 2 is 1.36 bits per heavy atom. The van der Waals surface area contributed by atoms with E-state index in [1.807, 2.05) is 4.72 Å². The van der Waals surface area contributed by atoms with Crippen LogP contribution in [0, 0.1) is 0 Å². The molecule has 1 N–H and O–H groups in total. The van der Waals surface area contributed by atoms with Crippen molar-refractivity contribution < 1.29 is 26.9 Å². The zero-order valence-corrected chi connectivity index (χ0v) is 21.5. The molecule has 7 nitrogen and oxygen atoms in total. The van der Waals surface area contributed by atoms with Crippen LogP contribution in [0.5, 0.6) is 17.2 Å². The van der Waals surface area contributed by atoms with Crippen LogP contribution in [0.2, 0.25) is 0 Å². The van der Waals surface area contributed by atoms with Crippen molar-refractivity contribution in [3.8, 4) is 17.2 Å². The second-order valence-corrected chi connectivity index (χ2v) is 10.2. The van der Waals surface area contributed by atoms with E-state index in [-0.39, 0.29) is 35.5 Å². The van der Waals surface area contributed by atoms with Gasteiger partial charge in [0.25, 0.3) is 0 Å². The average Bonchev–Trinajstić information content (AvgIpc) is 2.72. The molecule has 0 spiro atoms. The number of carbonyl (C=O) groups excluding carboxylic acids is 1. The number of carbonyl (C=O) groups is 1. The molecule has 2 aromatic rings. The maximum Gasteiger partial charge on any atom is 0.409 e. The zero-order chi connectivity index (χ0) is 24.9. The first-order valence-corrected chi connectivity index (χ1v) is 12.4. The van der Waals surface area contributed by atoms with Gasteiger partial charge in [-0.15, -0.1) is 0 Å². The quantitative estimate of drug-likeness (QED) is 0.515. The lowest BCUT2D eigenvalue weighted by Gasteiger charge is -2.22. The van der Waals surface area contributed by atoms with Crippen LogP contribution in [0.25, 0.3) is 0 Å². The Balaban J connectivity index is 2.36. The highest BCUT2D eigenvalue weighted by Crippen LogP contribution is 2.37. The number of amides is 1. The van der Waals surface area contributed by atoms with Gasteiger partial charge in [-0.1, -0.05) is 59.7 Å². The predicted molar refractivity (Wildman–Crippen MR) is 130 cm³/mol. The van der Waals surface area contributed by atoms with Gasteiger partial charge >= 0.3 is 10.3 Å². The third-order valence-corrected chi connectivity index (χ3v) is 6.27. The fourth-order valence-electron chi connectivity index (χ4n) is 3.68. The number of nitrogens with one attached hydrogen (secondary N) is 1. The number of benzene rings is 2. The minimum absolute atomic E-state index is 0.0783. The highest BCUT2D eigenvalue weighted by molar-refractivity contribution is 7.85. The van der Waals surface area contributed by atoms with Gasteiger partial charge in [-0.25, -0.2) is 4.72 Å². The average molecular weight is 478 g/mol. The van der Waals surface area contributed by atoms with Crippen molar-refractivity contribution >= 4 is 16.2 Å². The van der Waals surface area contributed by atoms with Crippen LogP contribution in [-0.4, -0.2) is 28.5 Å². The van der Waals surface area contributed by atoms with Crippen LogP contribution in [0.3, 0.4) is 0 Å². The van der Waals surface area contributed by atoms with Crippen molar-refractivity contribution in [1.29, 1.82) is 0 Å². The van der Waals surface area contributed by atoms with Crippen molar-refractivity contribution in [3.63, 3.8) is 0 Å². The molecule has 182 valence electrons. The molecule has 0 heterocycles. The van der Waals surface area contributed by atoms with Crippen molar-refractivity contribution in [2.24, 2.45) is 0 Å². The van der Waals surface area contributed by atoms with Gasteiger partial charge < -0.3 is 13.7 Å². The maximum absolute atomic E-state index is 12.9. The summed E-state index contributed by atoms with van der Waals surface area (Å²) in [5.74, 6) is 0.220. The second kappa shape index (κ2) is 10.9. The standard InChI is InChI=1S/C25H35NO6S/c1-15(2)18-12-19(16(3)4)21(20(13-18)17(5)6)14-24(27)26-33(28,29)32-25-22(30-7)10-9-11-23(25)31-8/h9-13,15-17H,14H2,1-8H3,(H,26,27). The van der Waals surface area contributed by atoms with Gasteiger partial charge in [-0.3, -0.25) is 4.79 Å². The van der Waals surface area contributed by atoms with Gasteiger partial charge in [0.2, 0.25) is 11.7 Å². The van der Waals surface area contributed by atoms with E-state index in [0.29, 0.717) is 5.92 Å². The molecule has 2 aromatic carbocycles. The van der Waals surface area contributed by atoms with Crippen molar-refractivity contribution in [2.45, 2.75) is 65.7 Å². The van der Waals surface area contributed by atoms with Gasteiger partial charge in [0, 0.05) is 0 Å². The number of ether oxygens (including phenoxy) is 2. The number of hydrogen-bond donors (Lipinski definition) is 1. The number of methoxy groups -OCH3 is 2. The van der Waals surface area contributed by atoms with E-state index in [4.69, 9.17) is 13.7 Å². The molecule has 0 atom stereocenters. The molecule has 0 aliphatic heterocycles. The molecule has 8 heteroatoms. The summed E-state index contributed by atoms with van der Waals surface area (Å²) >= 11 is 0. The Labute approximate surface area is 197 Å². The summed E-state index contributed by atoms with van der Waals surface area (Å²) in [5.41, 5.74) is 4.15. The summed E-state index contributed by atoms with van der Waals surface area (Å²) in [6.07, 6.45) is -0.0783. The highest BCUT2D eigenvalue weighted by Gasteiger charge is 2.25. The fraction of sp³-hybridized carbons (Fsp3) is 0.480. The SMILES string of the molecule is COc1cccc(OC)c1OS(=O)(=O)NC(=O)Cc1c(C(C)C)cc(C(C)C)cc1C(C)C. The summed E-state index contributed by atoms with van der Waals surface area (Å²) in [6, 6.07) is 8.95. The Kier molecular flexibility index (Phi) is 8.77. The van der Waals surface area contributed by atoms with Crippen molar-refractivity contribution in [1.82, 2.24) is 4.72 Å². The first-order valence-electron chi connectivity index (χ1n) is 11.0. The first kappa shape index (κ1) is 26.5. The molecule has 0 saturated heterocycles. The topological polar surface area (TPSA) is 90.9 Å². The number of rotatable bonds is 10. The van der Waals surface area contributed by atoms with Crippen LogP contribution in [0.4, 0.5) is 0 Å². The molecule has 0 bridgehead atoms. The third-order valence-electron chi connectivity index (χ3n) is 5.40. The van der Waals surface area contributed by atoms with E-state index in [1.54, 1.807) is 6.07 Å². The zero-order valence-electron chi connectivity index (χ0n) is 20.7. The minimum Gasteiger partial charge on any atom is -0.493 e. The molecular weight excluding hydrogens is 442 g/mol. The monoisotopic (exact) mass is 477 g/mol. The number of para-hydroxylation sites is 1. The molecule has 33 heavy (non-hydrogen) atoms. The van der Waals surface area contributed by atoms with Gasteiger partial charge in [-0.05, 0) is 52.1 Å². The molecule has 0 aliphatic carbocycles. The molecule has 0 aromatic heterocycles. The van der Waals surface area contributed by atoms with Gasteiger partial charge in [-0.2, -0.15) is 8.42 Å². The summed E-state index contributed by atoms with van der Waals surface area (Å²) in [4.78, 5) is 12.9.